The number of rotatable bonds is 6. The molecule has 96 valence electrons. The second-order valence-electron chi connectivity index (χ2n) is 4.33. The highest BCUT2D eigenvalue weighted by Crippen LogP contribution is 2.11. The van der Waals surface area contributed by atoms with Crippen molar-refractivity contribution in [2.75, 3.05) is 0 Å². The van der Waals surface area contributed by atoms with Gasteiger partial charge in [-0.25, -0.2) is 0 Å². The molecule has 0 spiro atoms. The van der Waals surface area contributed by atoms with Crippen LogP contribution in [0.3, 0.4) is 0 Å². The molecule has 0 amide bonds. The van der Waals surface area contributed by atoms with Gasteiger partial charge in [0, 0.05) is 6.04 Å². The zero-order chi connectivity index (χ0) is 12.8. The smallest absolute Gasteiger partial charge is 0.213 e. The number of aryl methyl sites for hydroxylation is 1. The van der Waals surface area contributed by atoms with Crippen molar-refractivity contribution in [3.8, 4) is 5.75 Å². The predicted octanol–water partition coefficient (Wildman–Crippen LogP) is 1.89. The van der Waals surface area contributed by atoms with E-state index in [0.29, 0.717) is 24.2 Å². The lowest BCUT2D eigenvalue weighted by molar-refractivity contribution is 0.403. The van der Waals surface area contributed by atoms with E-state index in [2.05, 4.69) is 26.9 Å². The van der Waals surface area contributed by atoms with Gasteiger partial charge in [0.25, 0.3) is 0 Å². The SMILES string of the molecule is CC(CCc1ccc(O)cc1)NCc1ncon1. The second-order valence-corrected chi connectivity index (χ2v) is 4.33. The maximum Gasteiger partial charge on any atom is 0.213 e. The first-order valence-electron chi connectivity index (χ1n) is 6.00. The molecule has 1 atom stereocenters. The Kier molecular flexibility index (Phi) is 4.30. The molecule has 1 heterocycles. The van der Waals surface area contributed by atoms with Gasteiger partial charge in [-0.15, -0.1) is 0 Å². The lowest BCUT2D eigenvalue weighted by atomic mass is 10.1. The van der Waals surface area contributed by atoms with E-state index in [1.807, 2.05) is 12.1 Å². The molecular formula is C13H17N3O2. The van der Waals surface area contributed by atoms with Crippen LogP contribution in [0.15, 0.2) is 35.2 Å². The summed E-state index contributed by atoms with van der Waals surface area (Å²) in [4.78, 5) is 3.95. The number of phenolic OH excluding ortho intramolecular Hbond substituents is 1. The molecule has 1 unspecified atom stereocenters. The van der Waals surface area contributed by atoms with Gasteiger partial charge in [0.2, 0.25) is 6.39 Å². The van der Waals surface area contributed by atoms with Crippen LogP contribution in [0, 0.1) is 0 Å². The van der Waals surface area contributed by atoms with Crippen molar-refractivity contribution < 1.29 is 9.63 Å². The first-order chi connectivity index (χ1) is 8.74. The van der Waals surface area contributed by atoms with Gasteiger partial charge in [0.1, 0.15) is 5.75 Å². The summed E-state index contributed by atoms with van der Waals surface area (Å²) in [5, 5.41) is 16.3. The molecule has 2 aromatic rings. The quantitative estimate of drug-likeness (QED) is 0.815. The van der Waals surface area contributed by atoms with Crippen molar-refractivity contribution in [3.63, 3.8) is 0 Å². The lowest BCUT2D eigenvalue weighted by Gasteiger charge is -2.12. The van der Waals surface area contributed by atoms with E-state index in [1.165, 1.54) is 12.0 Å². The fourth-order valence-corrected chi connectivity index (χ4v) is 1.68. The number of aromatic hydroxyl groups is 1. The summed E-state index contributed by atoms with van der Waals surface area (Å²) in [5.41, 5.74) is 1.22. The van der Waals surface area contributed by atoms with Gasteiger partial charge >= 0.3 is 0 Å². The van der Waals surface area contributed by atoms with Crippen LogP contribution >= 0.6 is 0 Å². The largest absolute Gasteiger partial charge is 0.508 e. The van der Waals surface area contributed by atoms with Gasteiger partial charge in [-0.3, -0.25) is 0 Å². The number of nitrogens with one attached hydrogen (secondary N) is 1. The van der Waals surface area contributed by atoms with Crippen LogP contribution in [-0.4, -0.2) is 21.3 Å². The molecule has 2 N–H and O–H groups in total. The van der Waals surface area contributed by atoms with E-state index in [9.17, 15) is 5.11 Å². The Morgan fingerprint density at radius 2 is 2.11 bits per heavy atom. The van der Waals surface area contributed by atoms with Gasteiger partial charge in [0.15, 0.2) is 5.82 Å². The molecule has 5 nitrogen and oxygen atoms in total. The zero-order valence-electron chi connectivity index (χ0n) is 10.3. The topological polar surface area (TPSA) is 71.2 Å². The molecular weight excluding hydrogens is 230 g/mol. The minimum Gasteiger partial charge on any atom is -0.508 e. The average molecular weight is 247 g/mol. The van der Waals surface area contributed by atoms with Crippen molar-refractivity contribution in [1.29, 1.82) is 0 Å². The summed E-state index contributed by atoms with van der Waals surface area (Å²) in [7, 11) is 0. The van der Waals surface area contributed by atoms with Crippen LogP contribution in [0.1, 0.15) is 24.7 Å². The number of benzene rings is 1. The third-order valence-electron chi connectivity index (χ3n) is 2.82. The molecule has 1 aromatic heterocycles. The molecule has 0 saturated carbocycles. The predicted molar refractivity (Wildman–Crippen MR) is 67.0 cm³/mol. The maximum atomic E-state index is 9.19. The van der Waals surface area contributed by atoms with Gasteiger partial charge in [-0.2, -0.15) is 4.98 Å². The standard InChI is InChI=1S/C13H17N3O2/c1-10(14-8-13-15-9-18-16-13)2-3-11-4-6-12(17)7-5-11/h4-7,9-10,14,17H,2-3,8H2,1H3. The summed E-state index contributed by atoms with van der Waals surface area (Å²) in [6.07, 6.45) is 3.32. The average Bonchev–Trinajstić information content (AvgIpc) is 2.89. The fraction of sp³-hybridized carbons (Fsp3) is 0.385. The van der Waals surface area contributed by atoms with Crippen molar-refractivity contribution in [3.05, 3.63) is 42.0 Å². The summed E-state index contributed by atoms with van der Waals surface area (Å²) in [6.45, 7) is 2.74. The minimum absolute atomic E-state index is 0.307. The molecule has 0 aliphatic heterocycles. The Bertz CT molecular complexity index is 454. The Morgan fingerprint density at radius 1 is 1.33 bits per heavy atom. The molecule has 2 rings (SSSR count). The molecule has 0 saturated heterocycles. The van der Waals surface area contributed by atoms with Crippen LogP contribution in [0.2, 0.25) is 0 Å². The summed E-state index contributed by atoms with van der Waals surface area (Å²) in [6, 6.07) is 7.69. The highest BCUT2D eigenvalue weighted by Gasteiger charge is 2.04. The summed E-state index contributed by atoms with van der Waals surface area (Å²) in [5.74, 6) is 0.980. The second kappa shape index (κ2) is 6.16. The molecule has 5 heteroatoms. The van der Waals surface area contributed by atoms with Crippen LogP contribution in [0.5, 0.6) is 5.75 Å². The Labute approximate surface area is 106 Å². The molecule has 0 fully saturated rings. The lowest BCUT2D eigenvalue weighted by Crippen LogP contribution is -2.26. The van der Waals surface area contributed by atoms with Crippen molar-refractivity contribution >= 4 is 0 Å². The van der Waals surface area contributed by atoms with Crippen LogP contribution < -0.4 is 5.32 Å². The van der Waals surface area contributed by atoms with Gasteiger partial charge < -0.3 is 14.9 Å². The van der Waals surface area contributed by atoms with Crippen molar-refractivity contribution in [2.24, 2.45) is 0 Å². The highest BCUT2D eigenvalue weighted by atomic mass is 16.5. The Morgan fingerprint density at radius 3 is 2.78 bits per heavy atom. The van der Waals surface area contributed by atoms with E-state index in [1.54, 1.807) is 12.1 Å². The number of phenols is 1. The van der Waals surface area contributed by atoms with Gasteiger partial charge in [-0.05, 0) is 37.5 Å². The van der Waals surface area contributed by atoms with Crippen molar-refractivity contribution in [1.82, 2.24) is 15.5 Å². The normalized spacial score (nSPS) is 12.5. The van der Waals surface area contributed by atoms with E-state index in [0.717, 1.165) is 12.8 Å². The monoisotopic (exact) mass is 247 g/mol. The number of nitrogens with zero attached hydrogens (tertiary/aromatic N) is 2. The van der Waals surface area contributed by atoms with E-state index in [-0.39, 0.29) is 0 Å². The summed E-state index contributed by atoms with van der Waals surface area (Å²) >= 11 is 0. The molecule has 0 aliphatic rings. The van der Waals surface area contributed by atoms with E-state index in [4.69, 9.17) is 0 Å². The minimum atomic E-state index is 0.307. The van der Waals surface area contributed by atoms with Crippen LogP contribution in [-0.2, 0) is 13.0 Å². The maximum absolute atomic E-state index is 9.19. The zero-order valence-corrected chi connectivity index (χ0v) is 10.3. The van der Waals surface area contributed by atoms with Crippen molar-refractivity contribution in [2.45, 2.75) is 32.4 Å². The molecule has 0 bridgehead atoms. The Hall–Kier alpha value is -1.88. The molecule has 0 radical (unpaired) electrons. The highest BCUT2D eigenvalue weighted by molar-refractivity contribution is 5.25. The molecule has 0 aliphatic carbocycles. The first-order valence-corrected chi connectivity index (χ1v) is 6.00. The Balaban J connectivity index is 1.71. The van der Waals surface area contributed by atoms with Crippen LogP contribution in [0.4, 0.5) is 0 Å². The number of aromatic nitrogens is 2. The van der Waals surface area contributed by atoms with Gasteiger partial charge in [-0.1, -0.05) is 17.3 Å². The third kappa shape index (κ3) is 3.85. The van der Waals surface area contributed by atoms with Crippen LogP contribution in [0.25, 0.3) is 0 Å². The number of hydrogen-bond donors (Lipinski definition) is 2. The third-order valence-corrected chi connectivity index (χ3v) is 2.82. The first kappa shape index (κ1) is 12.6. The van der Waals surface area contributed by atoms with E-state index >= 15 is 0 Å². The number of hydrogen-bond acceptors (Lipinski definition) is 5. The molecule has 18 heavy (non-hydrogen) atoms. The molecule has 1 aromatic carbocycles. The van der Waals surface area contributed by atoms with E-state index < -0.39 is 0 Å². The van der Waals surface area contributed by atoms with Gasteiger partial charge in [0.05, 0.1) is 6.54 Å². The summed E-state index contributed by atoms with van der Waals surface area (Å²) < 4.78 is 4.66. The fourth-order valence-electron chi connectivity index (χ4n) is 1.68.